The van der Waals surface area contributed by atoms with Gasteiger partial charge in [0.05, 0.1) is 11.9 Å². The van der Waals surface area contributed by atoms with E-state index in [1.807, 2.05) is 6.07 Å². The molecule has 2 atom stereocenters. The van der Waals surface area contributed by atoms with E-state index in [4.69, 9.17) is 15.6 Å². The summed E-state index contributed by atoms with van der Waals surface area (Å²) in [6, 6.07) is 9.00. The van der Waals surface area contributed by atoms with E-state index in [9.17, 15) is 19.8 Å². The predicted molar refractivity (Wildman–Crippen MR) is 89.0 cm³/mol. The fraction of sp³-hybridized carbons (Fsp3) is 0.250. The Balaban J connectivity index is 1.86. The van der Waals surface area contributed by atoms with E-state index in [0.29, 0.717) is 0 Å². The molecular weight excluding hydrogens is 344 g/mol. The van der Waals surface area contributed by atoms with Crippen molar-refractivity contribution in [2.24, 2.45) is 0 Å². The Hall–Kier alpha value is -3.24. The number of carboxylic acids is 1. The molecule has 0 aliphatic rings. The Bertz CT molecular complexity index is 771. The zero-order valence-corrected chi connectivity index (χ0v) is 13.6. The molecule has 1 amide bonds. The van der Waals surface area contributed by atoms with Gasteiger partial charge in [-0.05, 0) is 5.56 Å². The van der Waals surface area contributed by atoms with Crippen molar-refractivity contribution in [3.63, 3.8) is 0 Å². The van der Waals surface area contributed by atoms with Crippen LogP contribution in [0.5, 0.6) is 0 Å². The molecule has 0 saturated carbocycles. The van der Waals surface area contributed by atoms with Crippen molar-refractivity contribution in [1.82, 2.24) is 15.3 Å². The fourth-order valence-electron chi connectivity index (χ4n) is 1.98. The normalized spacial score (nSPS) is 12.8. The second-order valence-corrected chi connectivity index (χ2v) is 5.29. The molecule has 2 aromatic rings. The zero-order chi connectivity index (χ0) is 19.1. The third kappa shape index (κ3) is 5.13. The number of aliphatic hydroxyl groups excluding tert-OH is 2. The molecule has 0 spiro atoms. The standard InChI is InChI=1S/C16H18N4O6/c17-14-12(15(23)24)20-10(6-18-14)13(22)11(21)7-19-16(25)26-8-9-4-2-1-3-5-9/h1-6,11,13,21-22H,7-8H2,(H2,17,18)(H,19,25)(H,23,24). The molecule has 0 aliphatic carbocycles. The molecule has 10 nitrogen and oxygen atoms in total. The van der Waals surface area contributed by atoms with E-state index in [2.05, 4.69) is 15.3 Å². The van der Waals surface area contributed by atoms with E-state index in [0.717, 1.165) is 11.8 Å². The number of amides is 1. The SMILES string of the molecule is Nc1ncc(C(O)C(O)CNC(=O)OCc2ccccc2)nc1C(=O)O. The number of rotatable bonds is 7. The molecule has 1 aromatic carbocycles. The second-order valence-electron chi connectivity index (χ2n) is 5.29. The zero-order valence-electron chi connectivity index (χ0n) is 13.6. The Morgan fingerprint density at radius 2 is 1.92 bits per heavy atom. The van der Waals surface area contributed by atoms with E-state index in [-0.39, 0.29) is 24.7 Å². The van der Waals surface area contributed by atoms with Gasteiger partial charge in [-0.3, -0.25) is 0 Å². The van der Waals surface area contributed by atoms with Crippen LogP contribution in [0.1, 0.15) is 27.8 Å². The van der Waals surface area contributed by atoms with Crippen LogP contribution in [0.15, 0.2) is 36.5 Å². The number of carboxylic acid groups (broad SMARTS) is 1. The van der Waals surface area contributed by atoms with Gasteiger partial charge >= 0.3 is 12.1 Å². The molecule has 0 bridgehead atoms. The number of hydrogen-bond donors (Lipinski definition) is 5. The molecule has 26 heavy (non-hydrogen) atoms. The monoisotopic (exact) mass is 362 g/mol. The lowest BCUT2D eigenvalue weighted by molar-refractivity contribution is 0.0155. The Morgan fingerprint density at radius 1 is 1.23 bits per heavy atom. The van der Waals surface area contributed by atoms with Crippen LogP contribution in [0, 0.1) is 0 Å². The number of carbonyl (C=O) groups is 2. The Morgan fingerprint density at radius 3 is 2.58 bits per heavy atom. The van der Waals surface area contributed by atoms with E-state index in [1.165, 1.54) is 0 Å². The quantitative estimate of drug-likeness (QED) is 0.458. The van der Waals surface area contributed by atoms with Gasteiger partial charge in [0, 0.05) is 6.54 Å². The minimum atomic E-state index is -1.57. The first-order chi connectivity index (χ1) is 12.4. The summed E-state index contributed by atoms with van der Waals surface area (Å²) in [5.74, 6) is -1.73. The maximum atomic E-state index is 11.6. The van der Waals surface area contributed by atoms with Crippen molar-refractivity contribution >= 4 is 17.9 Å². The number of nitrogens with zero attached hydrogens (tertiary/aromatic N) is 2. The van der Waals surface area contributed by atoms with Crippen molar-refractivity contribution in [2.45, 2.75) is 18.8 Å². The van der Waals surface area contributed by atoms with Crippen molar-refractivity contribution in [3.05, 3.63) is 53.5 Å². The first kappa shape index (κ1) is 19.1. The van der Waals surface area contributed by atoms with Crippen molar-refractivity contribution in [1.29, 1.82) is 0 Å². The molecular formula is C16H18N4O6. The molecule has 0 radical (unpaired) electrons. The van der Waals surface area contributed by atoms with Gasteiger partial charge in [0.25, 0.3) is 0 Å². The number of benzene rings is 1. The van der Waals surface area contributed by atoms with Crippen LogP contribution in [0.2, 0.25) is 0 Å². The summed E-state index contributed by atoms with van der Waals surface area (Å²) < 4.78 is 4.97. The van der Waals surface area contributed by atoms with Crippen LogP contribution in [0.25, 0.3) is 0 Å². The maximum absolute atomic E-state index is 11.6. The van der Waals surface area contributed by atoms with Crippen LogP contribution in [0.4, 0.5) is 10.6 Å². The molecule has 6 N–H and O–H groups in total. The van der Waals surface area contributed by atoms with Gasteiger partial charge in [-0.2, -0.15) is 0 Å². The minimum Gasteiger partial charge on any atom is -0.476 e. The third-order valence-corrected chi connectivity index (χ3v) is 3.36. The van der Waals surface area contributed by atoms with Gasteiger partial charge < -0.3 is 31.1 Å². The molecule has 0 saturated heterocycles. The molecule has 2 unspecified atom stereocenters. The first-order valence-electron chi connectivity index (χ1n) is 7.55. The summed E-state index contributed by atoms with van der Waals surface area (Å²) in [6.45, 7) is -0.292. The molecule has 1 heterocycles. The number of nitrogens with one attached hydrogen (secondary N) is 1. The van der Waals surface area contributed by atoms with Crippen molar-refractivity contribution < 1.29 is 29.6 Å². The van der Waals surface area contributed by atoms with Gasteiger partial charge in [0.2, 0.25) is 0 Å². The topological polar surface area (TPSA) is 168 Å². The average molecular weight is 362 g/mol. The Labute approximate surface area is 148 Å². The maximum Gasteiger partial charge on any atom is 0.407 e. The summed E-state index contributed by atoms with van der Waals surface area (Å²) >= 11 is 0. The lowest BCUT2D eigenvalue weighted by atomic mass is 10.1. The number of alkyl carbamates (subject to hydrolysis) is 1. The molecule has 2 rings (SSSR count). The number of anilines is 1. The van der Waals surface area contributed by atoms with Gasteiger partial charge in [-0.1, -0.05) is 30.3 Å². The highest BCUT2D eigenvalue weighted by molar-refractivity contribution is 5.90. The summed E-state index contributed by atoms with van der Waals surface area (Å²) in [4.78, 5) is 29.9. The molecule has 138 valence electrons. The highest BCUT2D eigenvalue weighted by Gasteiger charge is 2.23. The average Bonchev–Trinajstić information content (AvgIpc) is 2.64. The summed E-state index contributed by atoms with van der Waals surface area (Å²) in [5.41, 5.74) is 5.44. The molecule has 0 aliphatic heterocycles. The lowest BCUT2D eigenvalue weighted by Gasteiger charge is -2.18. The molecule has 0 fully saturated rings. The van der Waals surface area contributed by atoms with Crippen LogP contribution >= 0.6 is 0 Å². The summed E-state index contributed by atoms with van der Waals surface area (Å²) in [7, 11) is 0. The van der Waals surface area contributed by atoms with Gasteiger partial charge in [-0.25, -0.2) is 19.6 Å². The summed E-state index contributed by atoms with van der Waals surface area (Å²) in [5, 5.41) is 31.2. The van der Waals surface area contributed by atoms with Crippen LogP contribution in [-0.4, -0.2) is 50.0 Å². The van der Waals surface area contributed by atoms with Crippen molar-refractivity contribution in [2.75, 3.05) is 12.3 Å². The fourth-order valence-corrected chi connectivity index (χ4v) is 1.98. The molecule has 10 heteroatoms. The number of nitrogen functional groups attached to an aromatic ring is 1. The predicted octanol–water partition coefficient (Wildman–Crippen LogP) is 0.0777. The highest BCUT2D eigenvalue weighted by Crippen LogP contribution is 2.16. The molecule has 1 aromatic heterocycles. The number of hydrogen-bond acceptors (Lipinski definition) is 8. The van der Waals surface area contributed by atoms with E-state index < -0.39 is 30.0 Å². The van der Waals surface area contributed by atoms with E-state index >= 15 is 0 Å². The summed E-state index contributed by atoms with van der Waals surface area (Å²) in [6.07, 6.45) is -2.77. The van der Waals surface area contributed by atoms with Crippen LogP contribution in [-0.2, 0) is 11.3 Å². The van der Waals surface area contributed by atoms with Crippen LogP contribution in [0.3, 0.4) is 0 Å². The lowest BCUT2D eigenvalue weighted by Crippen LogP contribution is -2.36. The number of ether oxygens (including phenoxy) is 1. The van der Waals surface area contributed by atoms with Gasteiger partial charge in [0.1, 0.15) is 18.8 Å². The van der Waals surface area contributed by atoms with Gasteiger partial charge in [0.15, 0.2) is 11.5 Å². The number of aromatic nitrogens is 2. The number of aliphatic hydroxyl groups is 2. The third-order valence-electron chi connectivity index (χ3n) is 3.36. The first-order valence-corrected chi connectivity index (χ1v) is 7.55. The van der Waals surface area contributed by atoms with E-state index in [1.54, 1.807) is 24.3 Å². The van der Waals surface area contributed by atoms with Crippen molar-refractivity contribution in [3.8, 4) is 0 Å². The second kappa shape index (κ2) is 8.74. The largest absolute Gasteiger partial charge is 0.476 e. The number of carbonyl (C=O) groups excluding carboxylic acids is 1. The van der Waals surface area contributed by atoms with Gasteiger partial charge in [-0.15, -0.1) is 0 Å². The smallest absolute Gasteiger partial charge is 0.407 e. The van der Waals surface area contributed by atoms with Crippen LogP contribution < -0.4 is 11.1 Å². The number of nitrogens with two attached hydrogens (primary N) is 1. The Kier molecular flexibility index (Phi) is 6.42. The number of aromatic carboxylic acids is 1. The highest BCUT2D eigenvalue weighted by atomic mass is 16.5. The minimum absolute atomic E-state index is 0.0523.